The number of likely N-dealkylation sites (tertiary alicyclic amines) is 2. The molecule has 3 aliphatic rings. The van der Waals surface area contributed by atoms with Crippen molar-refractivity contribution in [2.24, 2.45) is 11.1 Å². The van der Waals surface area contributed by atoms with Crippen LogP contribution >= 0.6 is 0 Å². The number of rotatable bonds is 9. The maximum atomic E-state index is 13.9. The Hall–Kier alpha value is -2.81. The third-order valence-electron chi connectivity index (χ3n) is 8.11. The average Bonchev–Trinajstić information content (AvgIpc) is 3.69. The van der Waals surface area contributed by atoms with Crippen LogP contribution in [0.2, 0.25) is 0 Å². The number of alkyl halides is 2. The van der Waals surface area contributed by atoms with Gasteiger partial charge in [0.05, 0.1) is 18.7 Å². The first kappa shape index (κ1) is 30.7. The lowest BCUT2D eigenvalue weighted by Gasteiger charge is -2.46. The molecule has 39 heavy (non-hydrogen) atoms. The number of piperidine rings is 2. The van der Waals surface area contributed by atoms with Crippen LogP contribution in [0.3, 0.4) is 0 Å². The molecule has 2 saturated heterocycles. The first-order valence-corrected chi connectivity index (χ1v) is 13.6. The van der Waals surface area contributed by atoms with Gasteiger partial charge in [-0.15, -0.1) is 0 Å². The van der Waals surface area contributed by atoms with Crippen molar-refractivity contribution in [2.45, 2.75) is 68.9 Å². The largest absolute Gasteiger partial charge is 0.465 e. The summed E-state index contributed by atoms with van der Waals surface area (Å²) >= 11 is 0. The van der Waals surface area contributed by atoms with Gasteiger partial charge in [-0.2, -0.15) is 5.26 Å². The molecule has 2 heterocycles. The highest BCUT2D eigenvalue weighted by molar-refractivity contribution is 5.83. The van der Waals surface area contributed by atoms with Gasteiger partial charge in [-0.1, -0.05) is 30.3 Å². The standard InChI is InChI=1S/C15H17F2N3O.C13H24N2O3/c16-15(17,8-11-4-2-1-3-5-11)9-12(19)13(21)20-14(10-18)6-7-14;1-18-11-10-14-6-2-13(3-7-14)4-8-15(9-5-13)12(16)17/h1-5,12H,6-9,19H2,(H,20,21);2-11H2,1H3,(H,16,17)/t12-;/m0./s1. The molecule has 1 aromatic rings. The van der Waals surface area contributed by atoms with Crippen molar-refractivity contribution in [3.8, 4) is 6.07 Å². The number of carbonyl (C=O) groups is 2. The summed E-state index contributed by atoms with van der Waals surface area (Å²) in [4.78, 5) is 26.7. The number of hydrogen-bond acceptors (Lipinski definition) is 6. The Kier molecular flexibility index (Phi) is 10.6. The van der Waals surface area contributed by atoms with Crippen LogP contribution in [0.4, 0.5) is 13.6 Å². The number of nitrogens with two attached hydrogens (primary N) is 1. The van der Waals surface area contributed by atoms with Crippen molar-refractivity contribution in [1.29, 1.82) is 5.26 Å². The Morgan fingerprint density at radius 3 is 2.23 bits per heavy atom. The molecule has 216 valence electrons. The van der Waals surface area contributed by atoms with Crippen LogP contribution in [0.5, 0.6) is 0 Å². The Labute approximate surface area is 229 Å². The molecule has 4 N–H and O–H groups in total. The van der Waals surface area contributed by atoms with Crippen LogP contribution in [0.25, 0.3) is 0 Å². The predicted molar refractivity (Wildman–Crippen MR) is 142 cm³/mol. The first-order chi connectivity index (χ1) is 18.5. The monoisotopic (exact) mass is 549 g/mol. The highest BCUT2D eigenvalue weighted by atomic mass is 19.3. The van der Waals surface area contributed by atoms with Crippen LogP contribution in [0.1, 0.15) is 50.5 Å². The quantitative estimate of drug-likeness (QED) is 0.431. The van der Waals surface area contributed by atoms with Crippen molar-refractivity contribution in [3.05, 3.63) is 35.9 Å². The lowest BCUT2D eigenvalue weighted by Crippen LogP contribution is -2.48. The van der Waals surface area contributed by atoms with Crippen molar-refractivity contribution in [2.75, 3.05) is 46.4 Å². The zero-order chi connectivity index (χ0) is 28.5. The summed E-state index contributed by atoms with van der Waals surface area (Å²) in [5.74, 6) is -3.76. The molecular formula is C28H41F2N5O4. The molecule has 1 atom stereocenters. The second-order valence-electron chi connectivity index (χ2n) is 11.1. The lowest BCUT2D eigenvalue weighted by atomic mass is 9.71. The maximum Gasteiger partial charge on any atom is 0.407 e. The number of hydrogen-bond donors (Lipinski definition) is 3. The van der Waals surface area contributed by atoms with E-state index in [4.69, 9.17) is 20.8 Å². The smallest absolute Gasteiger partial charge is 0.407 e. The third-order valence-corrected chi connectivity index (χ3v) is 8.11. The van der Waals surface area contributed by atoms with Crippen LogP contribution in [-0.4, -0.2) is 90.9 Å². The zero-order valence-corrected chi connectivity index (χ0v) is 22.7. The van der Waals surface area contributed by atoms with Gasteiger partial charge in [-0.25, -0.2) is 13.6 Å². The molecule has 11 heteroatoms. The Bertz CT molecular complexity index is 981. The molecule has 2 amide bonds. The molecule has 4 rings (SSSR count). The number of amides is 2. The number of benzene rings is 1. The molecule has 1 spiro atoms. The van der Waals surface area contributed by atoms with E-state index < -0.39 is 42.3 Å². The molecule has 0 aromatic heterocycles. The summed E-state index contributed by atoms with van der Waals surface area (Å²) in [5.41, 5.74) is 5.56. The fraction of sp³-hybridized carbons (Fsp3) is 0.679. The number of methoxy groups -OCH3 is 1. The molecule has 3 fully saturated rings. The second-order valence-corrected chi connectivity index (χ2v) is 11.1. The number of carbonyl (C=O) groups excluding carboxylic acids is 1. The van der Waals surface area contributed by atoms with Gasteiger partial charge in [0.2, 0.25) is 5.91 Å². The number of carboxylic acid groups (broad SMARTS) is 1. The molecule has 1 aromatic carbocycles. The minimum atomic E-state index is -3.07. The van der Waals surface area contributed by atoms with E-state index >= 15 is 0 Å². The Morgan fingerprint density at radius 2 is 1.72 bits per heavy atom. The van der Waals surface area contributed by atoms with Gasteiger partial charge < -0.3 is 30.7 Å². The molecule has 1 saturated carbocycles. The predicted octanol–water partition coefficient (Wildman–Crippen LogP) is 3.24. The number of halogens is 2. The average molecular weight is 550 g/mol. The summed E-state index contributed by atoms with van der Waals surface area (Å²) in [5, 5.41) is 20.3. The van der Waals surface area contributed by atoms with Crippen molar-refractivity contribution in [3.63, 3.8) is 0 Å². The van der Waals surface area contributed by atoms with Gasteiger partial charge in [0.15, 0.2) is 0 Å². The van der Waals surface area contributed by atoms with E-state index in [2.05, 4.69) is 10.2 Å². The van der Waals surface area contributed by atoms with Crippen molar-refractivity contribution < 1.29 is 28.2 Å². The zero-order valence-electron chi connectivity index (χ0n) is 22.7. The van der Waals surface area contributed by atoms with Gasteiger partial charge >= 0.3 is 6.09 Å². The number of nitrogens with zero attached hydrogens (tertiary/aromatic N) is 3. The molecule has 1 aliphatic carbocycles. The summed E-state index contributed by atoms with van der Waals surface area (Å²) in [6.45, 7) is 5.53. The van der Waals surface area contributed by atoms with E-state index in [0.29, 0.717) is 36.9 Å². The molecule has 2 aliphatic heterocycles. The highest BCUT2D eigenvalue weighted by Gasteiger charge is 2.46. The minimum absolute atomic E-state index is 0.412. The molecule has 0 unspecified atom stereocenters. The van der Waals surface area contributed by atoms with Gasteiger partial charge in [-0.3, -0.25) is 4.79 Å². The van der Waals surface area contributed by atoms with Gasteiger partial charge in [-0.05, 0) is 62.6 Å². The normalized spacial score (nSPS) is 20.7. The van der Waals surface area contributed by atoms with Crippen molar-refractivity contribution in [1.82, 2.24) is 15.1 Å². The fourth-order valence-corrected chi connectivity index (χ4v) is 5.24. The number of nitriles is 1. The topological polar surface area (TPSA) is 132 Å². The SMILES string of the molecule is COCCN1CCC2(CC1)CCN(C(=O)O)CC2.N#CC1(NC(=O)[C@@H](N)CC(F)(F)Cc2ccccc2)CC1. The van der Waals surface area contributed by atoms with Crippen LogP contribution in [0, 0.1) is 16.7 Å². The maximum absolute atomic E-state index is 13.9. The summed E-state index contributed by atoms with van der Waals surface area (Å²) in [6, 6.07) is 8.96. The highest BCUT2D eigenvalue weighted by Crippen LogP contribution is 2.41. The third kappa shape index (κ3) is 9.41. The first-order valence-electron chi connectivity index (χ1n) is 13.6. The molecular weight excluding hydrogens is 508 g/mol. The van der Waals surface area contributed by atoms with Crippen molar-refractivity contribution >= 4 is 12.0 Å². The van der Waals surface area contributed by atoms with E-state index in [1.54, 1.807) is 42.3 Å². The van der Waals surface area contributed by atoms with E-state index in [0.717, 1.165) is 39.1 Å². The molecule has 9 nitrogen and oxygen atoms in total. The number of nitrogens with one attached hydrogen (secondary N) is 1. The minimum Gasteiger partial charge on any atom is -0.465 e. The van der Waals surface area contributed by atoms with Gasteiger partial charge in [0.1, 0.15) is 5.54 Å². The molecule has 0 bridgehead atoms. The van der Waals surface area contributed by atoms with E-state index in [-0.39, 0.29) is 0 Å². The van der Waals surface area contributed by atoms with Crippen LogP contribution in [0.15, 0.2) is 30.3 Å². The lowest BCUT2D eigenvalue weighted by molar-refractivity contribution is -0.125. The fourth-order valence-electron chi connectivity index (χ4n) is 5.24. The second kappa shape index (κ2) is 13.5. The van der Waals surface area contributed by atoms with Crippen LogP contribution in [-0.2, 0) is 16.0 Å². The van der Waals surface area contributed by atoms with Gasteiger partial charge in [0.25, 0.3) is 5.92 Å². The van der Waals surface area contributed by atoms with E-state index in [9.17, 15) is 18.4 Å². The summed E-state index contributed by atoms with van der Waals surface area (Å²) in [6.07, 6.45) is 3.63. The van der Waals surface area contributed by atoms with E-state index in [1.165, 1.54) is 12.8 Å². The van der Waals surface area contributed by atoms with E-state index in [1.807, 2.05) is 6.07 Å². The number of ether oxygens (including phenoxy) is 1. The Balaban J connectivity index is 0.000000218. The summed E-state index contributed by atoms with van der Waals surface area (Å²) in [7, 11) is 1.74. The van der Waals surface area contributed by atoms with Gasteiger partial charge in [0, 0.05) is 39.6 Å². The molecule has 0 radical (unpaired) electrons. The summed E-state index contributed by atoms with van der Waals surface area (Å²) < 4.78 is 33.0. The van der Waals surface area contributed by atoms with Crippen LogP contribution < -0.4 is 11.1 Å². The Morgan fingerprint density at radius 1 is 1.13 bits per heavy atom.